The highest BCUT2D eigenvalue weighted by Crippen LogP contribution is 2.27. The fraction of sp³-hybridized carbons (Fsp3) is 0.500. The van der Waals surface area contributed by atoms with Gasteiger partial charge in [0, 0.05) is 18.1 Å². The molecule has 1 aromatic carbocycles. The van der Waals surface area contributed by atoms with E-state index < -0.39 is 0 Å². The summed E-state index contributed by atoms with van der Waals surface area (Å²) < 4.78 is 5.60. The molecule has 112 valence electrons. The fourth-order valence-electron chi connectivity index (χ4n) is 1.68. The first-order chi connectivity index (χ1) is 9.56. The van der Waals surface area contributed by atoms with E-state index in [2.05, 4.69) is 5.32 Å². The molecule has 0 unspecified atom stereocenters. The highest BCUT2D eigenvalue weighted by molar-refractivity contribution is 6.35. The molecule has 1 aromatic rings. The first-order valence-corrected chi connectivity index (χ1v) is 7.39. The van der Waals surface area contributed by atoms with Gasteiger partial charge in [-0.05, 0) is 31.7 Å². The maximum atomic E-state index is 11.5. The average molecular weight is 319 g/mol. The van der Waals surface area contributed by atoms with Crippen molar-refractivity contribution < 1.29 is 9.53 Å². The van der Waals surface area contributed by atoms with Crippen LogP contribution in [0.15, 0.2) is 18.2 Å². The lowest BCUT2D eigenvalue weighted by Crippen LogP contribution is -2.38. The second-order valence-electron chi connectivity index (χ2n) is 4.25. The number of halogens is 2. The highest BCUT2D eigenvalue weighted by atomic mass is 35.5. The zero-order valence-corrected chi connectivity index (χ0v) is 13.3. The van der Waals surface area contributed by atoms with Crippen LogP contribution in [-0.4, -0.2) is 43.6 Å². The van der Waals surface area contributed by atoms with E-state index in [4.69, 9.17) is 27.9 Å². The lowest BCUT2D eigenvalue weighted by Gasteiger charge is -2.20. The summed E-state index contributed by atoms with van der Waals surface area (Å²) in [7, 11) is 0. The number of rotatable bonds is 8. The van der Waals surface area contributed by atoms with E-state index in [-0.39, 0.29) is 5.91 Å². The van der Waals surface area contributed by atoms with Crippen LogP contribution in [0, 0.1) is 0 Å². The second-order valence-corrected chi connectivity index (χ2v) is 5.09. The largest absolute Gasteiger partial charge is 0.491 e. The maximum absolute atomic E-state index is 11.5. The molecule has 0 aliphatic carbocycles. The van der Waals surface area contributed by atoms with Crippen LogP contribution in [0.1, 0.15) is 13.8 Å². The Morgan fingerprint density at radius 2 is 2.10 bits per heavy atom. The Morgan fingerprint density at radius 3 is 2.70 bits per heavy atom. The molecule has 0 radical (unpaired) electrons. The Bertz CT molecular complexity index is 441. The molecule has 0 spiro atoms. The van der Waals surface area contributed by atoms with E-state index >= 15 is 0 Å². The van der Waals surface area contributed by atoms with Crippen molar-refractivity contribution in [3.05, 3.63) is 28.2 Å². The van der Waals surface area contributed by atoms with E-state index in [0.29, 0.717) is 42.0 Å². The van der Waals surface area contributed by atoms with Gasteiger partial charge in [0.1, 0.15) is 12.4 Å². The smallest absolute Gasteiger partial charge is 0.234 e. The molecular weight excluding hydrogens is 299 g/mol. The zero-order chi connectivity index (χ0) is 15.0. The lowest BCUT2D eigenvalue weighted by atomic mass is 10.3. The van der Waals surface area contributed by atoms with Crippen molar-refractivity contribution in [3.63, 3.8) is 0 Å². The number of hydrogen-bond acceptors (Lipinski definition) is 3. The average Bonchev–Trinajstić information content (AvgIpc) is 2.40. The molecule has 0 fully saturated rings. The third-order valence-corrected chi connectivity index (χ3v) is 3.28. The minimum Gasteiger partial charge on any atom is -0.491 e. The van der Waals surface area contributed by atoms with Crippen molar-refractivity contribution in [3.8, 4) is 5.75 Å². The minimum absolute atomic E-state index is 0.0267. The molecule has 0 atom stereocenters. The molecule has 0 saturated heterocycles. The van der Waals surface area contributed by atoms with Crippen molar-refractivity contribution in [1.29, 1.82) is 0 Å². The molecule has 0 saturated carbocycles. The van der Waals surface area contributed by atoms with Crippen LogP contribution in [0.3, 0.4) is 0 Å². The predicted octanol–water partition coefficient (Wildman–Crippen LogP) is 2.83. The van der Waals surface area contributed by atoms with Crippen molar-refractivity contribution in [1.82, 2.24) is 10.2 Å². The van der Waals surface area contributed by atoms with Crippen LogP contribution < -0.4 is 10.1 Å². The number of nitrogens with one attached hydrogen (secondary N) is 1. The maximum Gasteiger partial charge on any atom is 0.234 e. The highest BCUT2D eigenvalue weighted by Gasteiger charge is 2.09. The van der Waals surface area contributed by atoms with Crippen LogP contribution in [-0.2, 0) is 4.79 Å². The van der Waals surface area contributed by atoms with Crippen LogP contribution in [0.2, 0.25) is 10.0 Å². The van der Waals surface area contributed by atoms with Crippen LogP contribution in [0.4, 0.5) is 0 Å². The monoisotopic (exact) mass is 318 g/mol. The van der Waals surface area contributed by atoms with Gasteiger partial charge in [0.2, 0.25) is 5.91 Å². The summed E-state index contributed by atoms with van der Waals surface area (Å²) >= 11 is 11.8. The van der Waals surface area contributed by atoms with Gasteiger partial charge in [-0.1, -0.05) is 30.1 Å². The summed E-state index contributed by atoms with van der Waals surface area (Å²) in [6.07, 6.45) is 0. The quantitative estimate of drug-likeness (QED) is 0.801. The first-order valence-electron chi connectivity index (χ1n) is 6.63. The Morgan fingerprint density at radius 1 is 1.35 bits per heavy atom. The third kappa shape index (κ3) is 5.99. The standard InChI is InChI=1S/C14H20Cl2N2O2/c1-3-17-14(19)10-18(4-2)7-8-20-13-6-5-11(15)9-12(13)16/h5-6,9H,3-4,7-8,10H2,1-2H3,(H,17,19). The molecule has 0 heterocycles. The van der Waals surface area contributed by atoms with Gasteiger partial charge in [0.25, 0.3) is 0 Å². The van der Waals surface area contributed by atoms with Crippen molar-refractivity contribution >= 4 is 29.1 Å². The van der Waals surface area contributed by atoms with Gasteiger partial charge >= 0.3 is 0 Å². The Hall–Kier alpha value is -0.970. The summed E-state index contributed by atoms with van der Waals surface area (Å²) in [5.74, 6) is 0.629. The molecule has 1 amide bonds. The number of amides is 1. The number of likely N-dealkylation sites (N-methyl/N-ethyl adjacent to an activating group) is 2. The van der Waals surface area contributed by atoms with Crippen molar-refractivity contribution in [2.45, 2.75) is 13.8 Å². The Balaban J connectivity index is 2.39. The zero-order valence-electron chi connectivity index (χ0n) is 11.8. The predicted molar refractivity (Wildman–Crippen MR) is 82.8 cm³/mol. The fourth-order valence-corrected chi connectivity index (χ4v) is 2.15. The number of benzene rings is 1. The lowest BCUT2D eigenvalue weighted by molar-refractivity contribution is -0.122. The number of nitrogens with zero attached hydrogens (tertiary/aromatic N) is 1. The first kappa shape index (κ1) is 17.1. The van der Waals surface area contributed by atoms with Crippen molar-refractivity contribution in [2.24, 2.45) is 0 Å². The van der Waals surface area contributed by atoms with E-state index in [1.165, 1.54) is 0 Å². The summed E-state index contributed by atoms with van der Waals surface area (Å²) in [4.78, 5) is 13.5. The molecule has 0 aromatic heterocycles. The minimum atomic E-state index is 0.0267. The van der Waals surface area contributed by atoms with Crippen LogP contribution in [0.25, 0.3) is 0 Å². The molecule has 0 aliphatic rings. The van der Waals surface area contributed by atoms with E-state index in [0.717, 1.165) is 6.54 Å². The van der Waals surface area contributed by atoms with E-state index in [1.54, 1.807) is 18.2 Å². The molecule has 1 rings (SSSR count). The number of hydrogen-bond donors (Lipinski definition) is 1. The third-order valence-electron chi connectivity index (χ3n) is 2.75. The van der Waals surface area contributed by atoms with Crippen molar-refractivity contribution in [2.75, 3.05) is 32.8 Å². The molecule has 6 heteroatoms. The normalized spacial score (nSPS) is 10.7. The van der Waals surface area contributed by atoms with Gasteiger partial charge in [-0.2, -0.15) is 0 Å². The molecular formula is C14H20Cl2N2O2. The topological polar surface area (TPSA) is 41.6 Å². The molecule has 0 aliphatic heterocycles. The molecule has 0 bridgehead atoms. The number of ether oxygens (including phenoxy) is 1. The second kappa shape index (κ2) is 9.06. The Labute approximate surface area is 130 Å². The summed E-state index contributed by atoms with van der Waals surface area (Å²) in [5.41, 5.74) is 0. The Kier molecular flexibility index (Phi) is 7.73. The molecule has 1 N–H and O–H groups in total. The van der Waals surface area contributed by atoms with Gasteiger partial charge in [-0.25, -0.2) is 0 Å². The van der Waals surface area contributed by atoms with Crippen LogP contribution >= 0.6 is 23.2 Å². The van der Waals surface area contributed by atoms with E-state index in [9.17, 15) is 4.79 Å². The van der Waals surface area contributed by atoms with Gasteiger partial charge < -0.3 is 10.1 Å². The number of carbonyl (C=O) groups is 1. The molecule has 20 heavy (non-hydrogen) atoms. The van der Waals surface area contributed by atoms with Crippen LogP contribution in [0.5, 0.6) is 5.75 Å². The summed E-state index contributed by atoms with van der Waals surface area (Å²) in [6.45, 7) is 6.85. The molecule has 4 nitrogen and oxygen atoms in total. The summed E-state index contributed by atoms with van der Waals surface area (Å²) in [5, 5.41) is 3.84. The SMILES string of the molecule is CCNC(=O)CN(CC)CCOc1ccc(Cl)cc1Cl. The van der Waals surface area contributed by atoms with Gasteiger partial charge in [0.15, 0.2) is 0 Å². The number of carbonyl (C=O) groups excluding carboxylic acids is 1. The van der Waals surface area contributed by atoms with Gasteiger partial charge in [-0.15, -0.1) is 0 Å². The summed E-state index contributed by atoms with van der Waals surface area (Å²) in [6, 6.07) is 5.12. The van der Waals surface area contributed by atoms with Gasteiger partial charge in [-0.3, -0.25) is 9.69 Å². The van der Waals surface area contributed by atoms with E-state index in [1.807, 2.05) is 18.7 Å². The van der Waals surface area contributed by atoms with Gasteiger partial charge in [0.05, 0.1) is 11.6 Å².